The van der Waals surface area contributed by atoms with Crippen LogP contribution in [0.1, 0.15) is 19.3 Å². The molecule has 1 atom stereocenters. The van der Waals surface area contributed by atoms with E-state index < -0.39 is 22.0 Å². The first-order valence-electron chi connectivity index (χ1n) is 6.32. The maximum absolute atomic E-state index is 12.7. The summed E-state index contributed by atoms with van der Waals surface area (Å²) in [6, 6.07) is 5.88. The minimum atomic E-state index is -3.71. The highest BCUT2D eigenvalue weighted by Crippen LogP contribution is 2.29. The molecule has 1 fully saturated rings. The van der Waals surface area contributed by atoms with E-state index in [9.17, 15) is 13.2 Å². The molecule has 1 aromatic rings. The smallest absolute Gasteiger partial charge is 0.324 e. The number of piperidine rings is 1. The van der Waals surface area contributed by atoms with Gasteiger partial charge in [-0.3, -0.25) is 4.79 Å². The second-order valence-corrected chi connectivity index (χ2v) is 7.29. The lowest BCUT2D eigenvalue weighted by molar-refractivity contribution is -0.146. The molecule has 1 aromatic carbocycles. The Bertz CT molecular complexity index is 602. The van der Waals surface area contributed by atoms with Crippen molar-refractivity contribution < 1.29 is 17.9 Å². The fourth-order valence-corrected chi connectivity index (χ4v) is 4.96. The van der Waals surface area contributed by atoms with Crippen molar-refractivity contribution in [2.45, 2.75) is 30.2 Å². The van der Waals surface area contributed by atoms with Gasteiger partial charge in [0.15, 0.2) is 0 Å². The van der Waals surface area contributed by atoms with Crippen LogP contribution in [0.3, 0.4) is 0 Å². The molecule has 0 saturated carbocycles. The summed E-state index contributed by atoms with van der Waals surface area (Å²) < 4.78 is 31.9. The monoisotopic (exact) mass is 361 g/mol. The van der Waals surface area contributed by atoms with Crippen LogP contribution in [0.4, 0.5) is 0 Å². The van der Waals surface area contributed by atoms with E-state index in [4.69, 9.17) is 4.74 Å². The van der Waals surface area contributed by atoms with E-state index >= 15 is 0 Å². The quantitative estimate of drug-likeness (QED) is 0.773. The number of ether oxygens (including phenoxy) is 1. The molecule has 0 unspecified atom stereocenters. The van der Waals surface area contributed by atoms with Crippen LogP contribution in [0, 0.1) is 0 Å². The summed E-state index contributed by atoms with van der Waals surface area (Å²) in [5.41, 5.74) is 0. The van der Waals surface area contributed by atoms with E-state index in [2.05, 4.69) is 15.9 Å². The van der Waals surface area contributed by atoms with Gasteiger partial charge in [0.05, 0.1) is 12.0 Å². The van der Waals surface area contributed by atoms with Crippen molar-refractivity contribution in [1.29, 1.82) is 0 Å². The Labute approximate surface area is 127 Å². The van der Waals surface area contributed by atoms with E-state index in [-0.39, 0.29) is 4.90 Å². The van der Waals surface area contributed by atoms with Gasteiger partial charge in [0.1, 0.15) is 6.04 Å². The second kappa shape index (κ2) is 6.24. The van der Waals surface area contributed by atoms with Gasteiger partial charge < -0.3 is 4.74 Å². The molecular formula is C13H16BrNO4S. The van der Waals surface area contributed by atoms with Crippen molar-refractivity contribution in [2.24, 2.45) is 0 Å². The van der Waals surface area contributed by atoms with E-state index in [1.54, 1.807) is 18.2 Å². The van der Waals surface area contributed by atoms with Crippen LogP contribution in [-0.2, 0) is 19.6 Å². The molecule has 0 bridgehead atoms. The Morgan fingerprint density at radius 2 is 2.05 bits per heavy atom. The van der Waals surface area contributed by atoms with E-state index in [0.717, 1.165) is 12.8 Å². The maximum Gasteiger partial charge on any atom is 0.324 e. The van der Waals surface area contributed by atoms with Gasteiger partial charge in [0, 0.05) is 11.0 Å². The Balaban J connectivity index is 2.41. The summed E-state index contributed by atoms with van der Waals surface area (Å²) in [7, 11) is -2.43. The van der Waals surface area contributed by atoms with E-state index in [0.29, 0.717) is 17.4 Å². The van der Waals surface area contributed by atoms with Crippen molar-refractivity contribution in [1.82, 2.24) is 4.31 Å². The fraction of sp³-hybridized carbons (Fsp3) is 0.462. The van der Waals surface area contributed by atoms with Gasteiger partial charge in [-0.05, 0) is 47.3 Å². The molecule has 0 aromatic heterocycles. The lowest BCUT2D eigenvalue weighted by Gasteiger charge is -2.32. The third-order valence-electron chi connectivity index (χ3n) is 3.35. The molecule has 7 heteroatoms. The molecule has 110 valence electrons. The van der Waals surface area contributed by atoms with Crippen LogP contribution in [0.2, 0.25) is 0 Å². The molecule has 0 aliphatic carbocycles. The third-order valence-corrected chi connectivity index (χ3v) is 6.27. The molecule has 0 N–H and O–H groups in total. The van der Waals surface area contributed by atoms with Gasteiger partial charge >= 0.3 is 5.97 Å². The van der Waals surface area contributed by atoms with Crippen molar-refractivity contribution in [2.75, 3.05) is 13.7 Å². The normalized spacial score (nSPS) is 20.6. The van der Waals surface area contributed by atoms with Gasteiger partial charge in [-0.1, -0.05) is 12.1 Å². The van der Waals surface area contributed by atoms with Crippen LogP contribution in [0.25, 0.3) is 0 Å². The summed E-state index contributed by atoms with van der Waals surface area (Å²) >= 11 is 3.25. The summed E-state index contributed by atoms with van der Waals surface area (Å²) in [5.74, 6) is -0.500. The van der Waals surface area contributed by atoms with Crippen molar-refractivity contribution in [3.8, 4) is 0 Å². The van der Waals surface area contributed by atoms with Crippen LogP contribution in [0.15, 0.2) is 33.6 Å². The zero-order valence-corrected chi connectivity index (χ0v) is 13.5. The number of carbonyl (C=O) groups excluding carboxylic acids is 1. The number of rotatable bonds is 3. The predicted octanol–water partition coefficient (Wildman–Crippen LogP) is 2.17. The molecule has 20 heavy (non-hydrogen) atoms. The molecule has 0 radical (unpaired) electrons. The zero-order chi connectivity index (χ0) is 14.8. The highest BCUT2D eigenvalue weighted by Gasteiger charge is 2.38. The SMILES string of the molecule is COC(=O)[C@H]1CCCCN1S(=O)(=O)c1ccccc1Br. The second-order valence-electron chi connectivity index (χ2n) is 4.58. The summed E-state index contributed by atoms with van der Waals surface area (Å²) in [4.78, 5) is 12.0. The summed E-state index contributed by atoms with van der Waals surface area (Å²) in [6.07, 6.45) is 2.06. The van der Waals surface area contributed by atoms with Crippen molar-refractivity contribution in [3.05, 3.63) is 28.7 Å². The van der Waals surface area contributed by atoms with E-state index in [1.807, 2.05) is 0 Å². The highest BCUT2D eigenvalue weighted by atomic mass is 79.9. The molecule has 1 aliphatic rings. The molecule has 2 rings (SSSR count). The minimum absolute atomic E-state index is 0.177. The largest absolute Gasteiger partial charge is 0.468 e. The first-order chi connectivity index (χ1) is 9.48. The number of nitrogens with zero attached hydrogens (tertiary/aromatic N) is 1. The lowest BCUT2D eigenvalue weighted by atomic mass is 10.1. The average Bonchev–Trinajstić information content (AvgIpc) is 2.46. The average molecular weight is 362 g/mol. The van der Waals surface area contributed by atoms with Gasteiger partial charge in [-0.2, -0.15) is 4.31 Å². The molecule has 1 saturated heterocycles. The number of halogens is 1. The third kappa shape index (κ3) is 2.89. The Morgan fingerprint density at radius 3 is 2.70 bits per heavy atom. The van der Waals surface area contributed by atoms with E-state index in [1.165, 1.54) is 17.5 Å². The standard InChI is InChI=1S/C13H16BrNO4S/c1-19-13(16)11-7-4-5-9-15(11)20(17,18)12-8-3-2-6-10(12)14/h2-3,6,8,11H,4-5,7,9H2,1H3/t11-/m1/s1. The highest BCUT2D eigenvalue weighted by molar-refractivity contribution is 9.10. The minimum Gasteiger partial charge on any atom is -0.468 e. The van der Waals surface area contributed by atoms with Crippen molar-refractivity contribution in [3.63, 3.8) is 0 Å². The molecular weight excluding hydrogens is 346 g/mol. The number of sulfonamides is 1. The molecule has 1 aliphatic heterocycles. The van der Waals surface area contributed by atoms with Crippen LogP contribution < -0.4 is 0 Å². The van der Waals surface area contributed by atoms with Gasteiger partial charge in [0.2, 0.25) is 10.0 Å². The topological polar surface area (TPSA) is 63.7 Å². The Kier molecular flexibility index (Phi) is 4.82. The number of esters is 1. The summed E-state index contributed by atoms with van der Waals surface area (Å²) in [5, 5.41) is 0. The van der Waals surface area contributed by atoms with Crippen LogP contribution >= 0.6 is 15.9 Å². The Morgan fingerprint density at radius 1 is 1.35 bits per heavy atom. The molecule has 0 amide bonds. The Hall–Kier alpha value is -0.920. The number of hydrogen-bond donors (Lipinski definition) is 0. The fourth-order valence-electron chi connectivity index (χ4n) is 2.34. The van der Waals surface area contributed by atoms with Gasteiger partial charge in [-0.25, -0.2) is 8.42 Å². The maximum atomic E-state index is 12.7. The number of carbonyl (C=O) groups is 1. The number of methoxy groups -OCH3 is 1. The van der Waals surface area contributed by atoms with Crippen LogP contribution in [-0.4, -0.2) is 38.4 Å². The molecule has 5 nitrogen and oxygen atoms in total. The zero-order valence-electron chi connectivity index (χ0n) is 11.1. The lowest BCUT2D eigenvalue weighted by Crippen LogP contribution is -2.48. The molecule has 1 heterocycles. The van der Waals surface area contributed by atoms with Gasteiger partial charge in [0.25, 0.3) is 0 Å². The summed E-state index contributed by atoms with van der Waals surface area (Å²) in [6.45, 7) is 0.337. The number of benzene rings is 1. The van der Waals surface area contributed by atoms with Crippen LogP contribution in [0.5, 0.6) is 0 Å². The first-order valence-corrected chi connectivity index (χ1v) is 8.56. The number of hydrogen-bond acceptors (Lipinski definition) is 4. The van der Waals surface area contributed by atoms with Gasteiger partial charge in [-0.15, -0.1) is 0 Å². The first kappa shape index (κ1) is 15.5. The predicted molar refractivity (Wildman–Crippen MR) is 77.7 cm³/mol. The molecule has 0 spiro atoms. The van der Waals surface area contributed by atoms with Crippen molar-refractivity contribution >= 4 is 31.9 Å².